The minimum atomic E-state index is -0.257. The van der Waals surface area contributed by atoms with Gasteiger partial charge in [0, 0.05) is 5.69 Å². The van der Waals surface area contributed by atoms with Gasteiger partial charge in [0.2, 0.25) is 0 Å². The molecule has 24 heavy (non-hydrogen) atoms. The third-order valence-corrected chi connectivity index (χ3v) is 5.22. The molecule has 2 aliphatic heterocycles. The highest BCUT2D eigenvalue weighted by molar-refractivity contribution is 5.46. The Labute approximate surface area is 147 Å². The topological polar surface area (TPSA) is 16.9 Å². The number of rotatable bonds is 2. The molecule has 2 fully saturated rings. The van der Waals surface area contributed by atoms with Crippen LogP contribution in [0, 0.1) is 11.8 Å². The molecule has 0 aromatic heterocycles. The first-order chi connectivity index (χ1) is 11.5. The van der Waals surface area contributed by atoms with Crippen LogP contribution < -0.4 is 9.80 Å². The molecule has 0 spiro atoms. The minimum Gasteiger partial charge on any atom is -0.360 e. The predicted molar refractivity (Wildman–Crippen MR) is 99.4 cm³/mol. The molecule has 0 saturated carbocycles. The fourth-order valence-electron chi connectivity index (χ4n) is 3.90. The van der Waals surface area contributed by atoms with Crippen molar-refractivity contribution < 1.29 is 9.64 Å². The molecule has 1 N–H and O–H groups in total. The average molecular weight is 327 g/mol. The number of ether oxygens (including phenoxy) is 1. The second-order valence-electron chi connectivity index (χ2n) is 8.00. The Kier molecular flexibility index (Phi) is 5.18. The maximum absolute atomic E-state index is 6.23. The lowest BCUT2D eigenvalue weighted by atomic mass is 9.88. The van der Waals surface area contributed by atoms with E-state index >= 15 is 0 Å². The standard InChI is InChI=1S/C21H30N2O/c1-20(2)11-7-12-21(3,24-20)13-8-14-22-15-17-23(18-16-22)19-9-5-4-6-10-19/h4-6,9-10H,7,11-12,14-18H2,1-3H3/p+1/t21-/m0/s1. The Hall–Kier alpha value is -1.50. The third kappa shape index (κ3) is 4.53. The summed E-state index contributed by atoms with van der Waals surface area (Å²) >= 11 is 0. The van der Waals surface area contributed by atoms with Gasteiger partial charge in [-0.15, -0.1) is 0 Å². The summed E-state index contributed by atoms with van der Waals surface area (Å²) in [5.41, 5.74) is 1.05. The quantitative estimate of drug-likeness (QED) is 0.838. The Morgan fingerprint density at radius 2 is 1.79 bits per heavy atom. The lowest BCUT2D eigenvalue weighted by molar-refractivity contribution is -0.893. The molecule has 130 valence electrons. The van der Waals surface area contributed by atoms with E-state index in [2.05, 4.69) is 67.8 Å². The number of anilines is 1. The van der Waals surface area contributed by atoms with Gasteiger partial charge in [0.05, 0.1) is 31.8 Å². The summed E-state index contributed by atoms with van der Waals surface area (Å²) in [5.74, 6) is 6.86. The van der Waals surface area contributed by atoms with E-state index in [1.165, 1.54) is 12.1 Å². The van der Waals surface area contributed by atoms with Gasteiger partial charge in [-0.25, -0.2) is 0 Å². The lowest BCUT2D eigenvalue weighted by Crippen LogP contribution is -3.14. The van der Waals surface area contributed by atoms with Crippen LogP contribution in [-0.2, 0) is 4.74 Å². The molecule has 1 atom stereocenters. The van der Waals surface area contributed by atoms with Gasteiger partial charge in [-0.05, 0) is 58.1 Å². The van der Waals surface area contributed by atoms with Gasteiger partial charge in [0.15, 0.2) is 0 Å². The Morgan fingerprint density at radius 3 is 2.46 bits per heavy atom. The normalized spacial score (nSPS) is 27.4. The molecule has 3 heteroatoms. The molecule has 0 bridgehead atoms. The summed E-state index contributed by atoms with van der Waals surface area (Å²) in [6.45, 7) is 12.0. The molecule has 0 radical (unpaired) electrons. The van der Waals surface area contributed by atoms with Crippen molar-refractivity contribution in [2.75, 3.05) is 37.6 Å². The van der Waals surface area contributed by atoms with E-state index in [1.54, 1.807) is 4.90 Å². The molecular weight excluding hydrogens is 296 g/mol. The Bertz CT molecular complexity index is 593. The van der Waals surface area contributed by atoms with Crippen molar-refractivity contribution >= 4 is 5.69 Å². The van der Waals surface area contributed by atoms with E-state index in [9.17, 15) is 0 Å². The zero-order valence-corrected chi connectivity index (χ0v) is 15.4. The van der Waals surface area contributed by atoms with Crippen LogP contribution in [0.5, 0.6) is 0 Å². The van der Waals surface area contributed by atoms with Gasteiger partial charge in [0.25, 0.3) is 0 Å². The third-order valence-electron chi connectivity index (χ3n) is 5.22. The first-order valence-corrected chi connectivity index (χ1v) is 9.30. The van der Waals surface area contributed by atoms with Crippen molar-refractivity contribution in [3.8, 4) is 11.8 Å². The van der Waals surface area contributed by atoms with Gasteiger partial charge in [-0.3, -0.25) is 0 Å². The van der Waals surface area contributed by atoms with E-state index in [4.69, 9.17) is 4.74 Å². The van der Waals surface area contributed by atoms with Crippen LogP contribution in [0.3, 0.4) is 0 Å². The van der Waals surface area contributed by atoms with E-state index in [1.807, 2.05) is 0 Å². The Morgan fingerprint density at radius 1 is 1.08 bits per heavy atom. The number of hydrogen-bond acceptors (Lipinski definition) is 2. The molecule has 0 unspecified atom stereocenters. The second-order valence-corrected chi connectivity index (χ2v) is 8.00. The number of quaternary nitrogens is 1. The summed E-state index contributed by atoms with van der Waals surface area (Å²) in [6.07, 6.45) is 3.40. The maximum atomic E-state index is 6.23. The number of nitrogens with zero attached hydrogens (tertiary/aromatic N) is 1. The van der Waals surface area contributed by atoms with Crippen molar-refractivity contribution in [2.24, 2.45) is 0 Å². The molecule has 0 amide bonds. The summed E-state index contributed by atoms with van der Waals surface area (Å²) in [6, 6.07) is 10.7. The molecule has 1 aromatic rings. The monoisotopic (exact) mass is 327 g/mol. The van der Waals surface area contributed by atoms with Crippen LogP contribution >= 0.6 is 0 Å². The van der Waals surface area contributed by atoms with E-state index < -0.39 is 0 Å². The molecule has 1 aromatic carbocycles. The maximum Gasteiger partial charge on any atom is 0.139 e. The second kappa shape index (κ2) is 7.17. The van der Waals surface area contributed by atoms with Crippen LogP contribution in [-0.4, -0.2) is 43.9 Å². The SMILES string of the molecule is CC1(C)CCC[C@@](C)(C#CC[NH+]2CCN(c3ccccc3)CC2)O1. The first kappa shape index (κ1) is 17.3. The minimum absolute atomic E-state index is 0.0319. The van der Waals surface area contributed by atoms with Gasteiger partial charge < -0.3 is 14.5 Å². The summed E-state index contributed by atoms with van der Waals surface area (Å²) in [5, 5.41) is 0. The van der Waals surface area contributed by atoms with Crippen molar-refractivity contribution in [3.05, 3.63) is 30.3 Å². The molecular formula is C21H31N2O+. The van der Waals surface area contributed by atoms with Gasteiger partial charge >= 0.3 is 0 Å². The summed E-state index contributed by atoms with van der Waals surface area (Å²) < 4.78 is 6.23. The fourth-order valence-corrected chi connectivity index (χ4v) is 3.90. The van der Waals surface area contributed by atoms with Crippen molar-refractivity contribution in [2.45, 2.75) is 51.2 Å². The number of para-hydroxylation sites is 1. The van der Waals surface area contributed by atoms with Crippen LogP contribution in [0.15, 0.2) is 30.3 Å². The van der Waals surface area contributed by atoms with Crippen LogP contribution in [0.25, 0.3) is 0 Å². The van der Waals surface area contributed by atoms with Crippen LogP contribution in [0.4, 0.5) is 5.69 Å². The van der Waals surface area contributed by atoms with Crippen molar-refractivity contribution in [1.82, 2.24) is 0 Å². The largest absolute Gasteiger partial charge is 0.360 e. The van der Waals surface area contributed by atoms with Crippen molar-refractivity contribution in [3.63, 3.8) is 0 Å². The van der Waals surface area contributed by atoms with Gasteiger partial charge in [0.1, 0.15) is 12.1 Å². The number of nitrogens with one attached hydrogen (secondary N) is 1. The van der Waals surface area contributed by atoms with Crippen molar-refractivity contribution in [1.29, 1.82) is 0 Å². The highest BCUT2D eigenvalue weighted by atomic mass is 16.5. The van der Waals surface area contributed by atoms with Gasteiger partial charge in [-0.1, -0.05) is 24.1 Å². The lowest BCUT2D eigenvalue weighted by Gasteiger charge is -2.40. The van der Waals surface area contributed by atoms with Gasteiger partial charge in [-0.2, -0.15) is 0 Å². The van der Waals surface area contributed by atoms with E-state index in [0.717, 1.165) is 45.6 Å². The zero-order valence-electron chi connectivity index (χ0n) is 15.4. The Balaban J connectivity index is 1.49. The molecule has 0 aliphatic carbocycles. The van der Waals surface area contributed by atoms with Crippen LogP contribution in [0.1, 0.15) is 40.0 Å². The number of benzene rings is 1. The molecule has 3 rings (SSSR count). The smallest absolute Gasteiger partial charge is 0.139 e. The predicted octanol–water partition coefficient (Wildman–Crippen LogP) is 2.13. The van der Waals surface area contributed by atoms with Crippen LogP contribution in [0.2, 0.25) is 0 Å². The molecule has 2 saturated heterocycles. The molecule has 2 heterocycles. The molecule has 3 nitrogen and oxygen atoms in total. The highest BCUT2D eigenvalue weighted by Gasteiger charge is 2.36. The first-order valence-electron chi connectivity index (χ1n) is 9.30. The number of piperazine rings is 1. The van der Waals surface area contributed by atoms with E-state index in [-0.39, 0.29) is 11.2 Å². The number of hydrogen-bond donors (Lipinski definition) is 1. The zero-order chi connectivity index (χ0) is 17.0. The highest BCUT2D eigenvalue weighted by Crippen LogP contribution is 2.34. The summed E-state index contributed by atoms with van der Waals surface area (Å²) in [4.78, 5) is 4.07. The summed E-state index contributed by atoms with van der Waals surface area (Å²) in [7, 11) is 0. The average Bonchev–Trinajstić information content (AvgIpc) is 2.55. The fraction of sp³-hybridized carbons (Fsp3) is 0.619. The van der Waals surface area contributed by atoms with E-state index in [0.29, 0.717) is 0 Å². The molecule has 2 aliphatic rings.